The van der Waals surface area contributed by atoms with Crippen LogP contribution in [-0.2, 0) is 35.2 Å². The molecule has 4 aromatic carbocycles. The van der Waals surface area contributed by atoms with E-state index in [1.165, 1.54) is 48.6 Å². The summed E-state index contributed by atoms with van der Waals surface area (Å²) < 4.78 is 49.7. The molecule has 2 heterocycles. The normalized spacial score (nSPS) is 15.3. The van der Waals surface area contributed by atoms with E-state index in [4.69, 9.17) is 18.9 Å². The molecule has 0 saturated heterocycles. The van der Waals surface area contributed by atoms with Crippen LogP contribution in [0, 0.1) is 25.5 Å². The van der Waals surface area contributed by atoms with Crippen LogP contribution in [0.15, 0.2) is 110 Å². The van der Waals surface area contributed by atoms with Crippen LogP contribution in [0.2, 0.25) is 0 Å². The van der Waals surface area contributed by atoms with Gasteiger partial charge in [-0.25, -0.2) is 18.4 Å². The number of nitrogens with zero attached hydrogens (tertiary/aromatic N) is 2. The summed E-state index contributed by atoms with van der Waals surface area (Å²) in [6, 6.07) is 25.5. The molecular weight excluding hydrogens is 787 g/mol. The van der Waals surface area contributed by atoms with Crippen molar-refractivity contribution in [2.24, 2.45) is 0 Å². The summed E-state index contributed by atoms with van der Waals surface area (Å²) in [5.41, 5.74) is 9.84. The molecule has 62 heavy (non-hydrogen) atoms. The molecule has 2 atom stereocenters. The maximum absolute atomic E-state index is 14.2. The molecule has 6 aromatic rings. The molecule has 0 unspecified atom stereocenters. The Morgan fingerprint density at radius 3 is 1.44 bits per heavy atom. The molecule has 320 valence electrons. The van der Waals surface area contributed by atoms with Gasteiger partial charge in [-0.05, 0) is 195 Å². The highest BCUT2D eigenvalue weighted by Crippen LogP contribution is 2.39. The van der Waals surface area contributed by atoms with Gasteiger partial charge in [-0.15, -0.1) is 0 Å². The minimum absolute atomic E-state index is 0.241. The van der Waals surface area contributed by atoms with Crippen LogP contribution >= 0.6 is 0 Å². The van der Waals surface area contributed by atoms with Gasteiger partial charge in [0.15, 0.2) is 23.1 Å². The number of aryl methyl sites for hydroxylation is 6. The minimum atomic E-state index is -0.353. The zero-order valence-corrected chi connectivity index (χ0v) is 35.7. The predicted octanol–water partition coefficient (Wildman–Crippen LogP) is 12.3. The summed E-state index contributed by atoms with van der Waals surface area (Å²) >= 11 is 0. The number of carbonyl (C=O) groups excluding carboxylic acids is 2. The van der Waals surface area contributed by atoms with Gasteiger partial charge in [-0.1, -0.05) is 24.3 Å². The van der Waals surface area contributed by atoms with Gasteiger partial charge in [-0.3, -0.25) is 9.97 Å². The maximum atomic E-state index is 14.2. The lowest BCUT2D eigenvalue weighted by molar-refractivity contribution is 0.0590. The third-order valence-electron chi connectivity index (χ3n) is 11.9. The summed E-state index contributed by atoms with van der Waals surface area (Å²) in [5, 5.41) is 0. The lowest BCUT2D eigenvalue weighted by atomic mass is 9.79. The summed E-state index contributed by atoms with van der Waals surface area (Å²) in [5.74, 6) is 1.23. The van der Waals surface area contributed by atoms with E-state index in [1.54, 1.807) is 49.1 Å². The molecule has 2 aromatic heterocycles. The van der Waals surface area contributed by atoms with Crippen molar-refractivity contribution < 1.29 is 37.3 Å². The molecule has 10 heteroatoms. The van der Waals surface area contributed by atoms with Crippen molar-refractivity contribution in [3.8, 4) is 23.0 Å². The topological polar surface area (TPSA) is 96.8 Å². The highest BCUT2D eigenvalue weighted by Gasteiger charge is 2.24. The molecule has 0 bridgehead atoms. The Bertz CT molecular complexity index is 2370. The Balaban J connectivity index is 0.000000186. The summed E-state index contributed by atoms with van der Waals surface area (Å²) in [4.78, 5) is 32.4. The first-order chi connectivity index (χ1) is 30.1. The van der Waals surface area contributed by atoms with E-state index < -0.39 is 0 Å². The van der Waals surface area contributed by atoms with E-state index in [0.717, 1.165) is 86.5 Å². The molecule has 0 amide bonds. The van der Waals surface area contributed by atoms with Crippen LogP contribution in [0.3, 0.4) is 0 Å². The number of benzene rings is 4. The Morgan fingerprint density at radius 1 is 0.597 bits per heavy atom. The summed E-state index contributed by atoms with van der Waals surface area (Å²) in [6.07, 6.45) is 16.5. The molecule has 0 radical (unpaired) electrons. The lowest BCUT2D eigenvalue weighted by Gasteiger charge is -2.26. The average molecular weight is 839 g/mol. The second-order valence-electron chi connectivity index (χ2n) is 16.1. The van der Waals surface area contributed by atoms with E-state index >= 15 is 0 Å². The number of esters is 2. The number of hydrogen-bond donors (Lipinski definition) is 0. The number of halogens is 2. The van der Waals surface area contributed by atoms with Gasteiger partial charge in [0.1, 0.15) is 11.5 Å². The van der Waals surface area contributed by atoms with Crippen LogP contribution in [0.5, 0.6) is 23.0 Å². The number of carbonyl (C=O) groups is 2. The zero-order valence-electron chi connectivity index (χ0n) is 35.7. The van der Waals surface area contributed by atoms with Crippen molar-refractivity contribution in [1.82, 2.24) is 9.97 Å². The van der Waals surface area contributed by atoms with Gasteiger partial charge in [0.25, 0.3) is 0 Å². The molecule has 8 rings (SSSR count). The van der Waals surface area contributed by atoms with Crippen molar-refractivity contribution in [2.45, 2.75) is 89.9 Å². The van der Waals surface area contributed by atoms with E-state index in [1.807, 2.05) is 50.2 Å². The van der Waals surface area contributed by atoms with Gasteiger partial charge < -0.3 is 18.9 Å². The number of rotatable bonds is 12. The fraction of sp³-hybridized carbons (Fsp3) is 0.308. The largest absolute Gasteiger partial charge is 0.465 e. The third-order valence-corrected chi connectivity index (χ3v) is 11.9. The highest BCUT2D eigenvalue weighted by molar-refractivity contribution is 5.91. The second-order valence-corrected chi connectivity index (χ2v) is 16.1. The summed E-state index contributed by atoms with van der Waals surface area (Å²) in [6.45, 7) is 3.71. The lowest BCUT2D eigenvalue weighted by Crippen LogP contribution is -2.12. The minimum Gasteiger partial charge on any atom is -0.465 e. The van der Waals surface area contributed by atoms with Crippen molar-refractivity contribution in [3.63, 3.8) is 0 Å². The second kappa shape index (κ2) is 20.4. The third kappa shape index (κ3) is 10.7. The molecule has 2 aliphatic rings. The van der Waals surface area contributed by atoms with Crippen LogP contribution in [0.25, 0.3) is 0 Å². The maximum Gasteiger partial charge on any atom is 0.338 e. The number of ether oxygens (including phenoxy) is 4. The van der Waals surface area contributed by atoms with Crippen molar-refractivity contribution in [3.05, 3.63) is 177 Å². The fourth-order valence-corrected chi connectivity index (χ4v) is 8.67. The van der Waals surface area contributed by atoms with Gasteiger partial charge in [0, 0.05) is 24.8 Å². The first kappa shape index (κ1) is 43.7. The fourth-order valence-electron chi connectivity index (χ4n) is 8.67. The number of pyridine rings is 2. The smallest absolute Gasteiger partial charge is 0.338 e. The molecule has 0 N–H and O–H groups in total. The van der Waals surface area contributed by atoms with Gasteiger partial charge in [0.2, 0.25) is 0 Å². The summed E-state index contributed by atoms with van der Waals surface area (Å²) in [7, 11) is 2.79. The monoisotopic (exact) mass is 838 g/mol. The first-order valence-corrected chi connectivity index (χ1v) is 21.3. The first-order valence-electron chi connectivity index (χ1n) is 21.3. The molecule has 0 spiro atoms. The van der Waals surface area contributed by atoms with Crippen LogP contribution < -0.4 is 9.47 Å². The molecule has 0 aliphatic heterocycles. The highest BCUT2D eigenvalue weighted by atomic mass is 19.1. The van der Waals surface area contributed by atoms with Crippen LogP contribution in [0.1, 0.15) is 116 Å². The van der Waals surface area contributed by atoms with Crippen molar-refractivity contribution in [1.29, 1.82) is 0 Å². The number of aromatic nitrogens is 2. The molecule has 0 fully saturated rings. The molecular formula is C52H52F2N2O6. The van der Waals surface area contributed by atoms with Gasteiger partial charge in [-0.2, -0.15) is 0 Å². The van der Waals surface area contributed by atoms with E-state index in [9.17, 15) is 18.4 Å². The van der Waals surface area contributed by atoms with Crippen molar-refractivity contribution in [2.75, 3.05) is 14.2 Å². The van der Waals surface area contributed by atoms with Gasteiger partial charge >= 0.3 is 11.9 Å². The Labute approximate surface area is 362 Å². The van der Waals surface area contributed by atoms with E-state index in [-0.39, 0.29) is 35.1 Å². The van der Waals surface area contributed by atoms with Gasteiger partial charge in [0.05, 0.1) is 25.3 Å². The van der Waals surface area contributed by atoms with E-state index in [2.05, 4.69) is 22.1 Å². The Morgan fingerprint density at radius 2 is 1.03 bits per heavy atom. The van der Waals surface area contributed by atoms with E-state index in [0.29, 0.717) is 34.5 Å². The zero-order chi connectivity index (χ0) is 43.6. The number of methoxy groups -OCH3 is 2. The average Bonchev–Trinajstić information content (AvgIpc) is 3.29. The Kier molecular flexibility index (Phi) is 14.4. The standard InChI is InChI=1S/2C26H26FNO3/c2*1-17-6-11-25(24(27)14-17)31-21-9-10-22-18(4-3-5-19(22)15-21)7-8-20-16-28-13-12-23(20)26(29)30-2/h2*6,9-16,18H,3-5,7-8H2,1-2H3/t2*18-/m10/s1. The number of fused-ring (bicyclic) bond motifs is 2. The predicted molar refractivity (Wildman–Crippen MR) is 234 cm³/mol. The number of hydrogen-bond acceptors (Lipinski definition) is 8. The molecule has 0 saturated carbocycles. The molecule has 8 nitrogen and oxygen atoms in total. The Hall–Kier alpha value is -6.42. The molecule has 2 aliphatic carbocycles. The quantitative estimate of drug-likeness (QED) is 0.112. The SMILES string of the molecule is COC(=O)c1ccncc1CC[C@@H]1CCCc2cc(Oc3ccc(C)cc3F)ccc21.COC(=O)c1ccncc1CC[C@H]1CCCc2cc(Oc3ccc(C)cc3F)ccc21. The van der Waals surface area contributed by atoms with Crippen LogP contribution in [-0.4, -0.2) is 36.1 Å². The van der Waals surface area contributed by atoms with Crippen LogP contribution in [0.4, 0.5) is 8.78 Å². The van der Waals surface area contributed by atoms with Crippen molar-refractivity contribution >= 4 is 11.9 Å².